The van der Waals surface area contributed by atoms with Crippen molar-refractivity contribution in [2.75, 3.05) is 10.6 Å². The van der Waals surface area contributed by atoms with Gasteiger partial charge in [0, 0.05) is 23.6 Å². The normalized spacial score (nSPS) is 10.0. The predicted octanol–water partition coefficient (Wildman–Crippen LogP) is 3.03. The molecule has 1 amide bonds. The van der Waals surface area contributed by atoms with Crippen LogP contribution in [0.5, 0.6) is 0 Å². The minimum Gasteiger partial charge on any atom is -0.383 e. The number of pyridine rings is 1. The average molecular weight is 280 g/mol. The first-order valence-electron chi connectivity index (χ1n) is 6.62. The van der Waals surface area contributed by atoms with Gasteiger partial charge in [-0.15, -0.1) is 0 Å². The first-order valence-corrected chi connectivity index (χ1v) is 6.62. The Hall–Kier alpha value is -2.87. The van der Waals surface area contributed by atoms with E-state index < -0.39 is 0 Å². The number of rotatable bonds is 4. The highest BCUT2D eigenvalue weighted by Gasteiger charge is 2.09. The van der Waals surface area contributed by atoms with E-state index in [4.69, 9.17) is 5.26 Å². The van der Waals surface area contributed by atoms with Crippen molar-refractivity contribution in [1.29, 1.82) is 5.26 Å². The summed E-state index contributed by atoms with van der Waals surface area (Å²) >= 11 is 0. The molecule has 1 heterocycles. The second-order valence-corrected chi connectivity index (χ2v) is 4.87. The molecule has 5 heteroatoms. The minimum absolute atomic E-state index is 0.279. The Morgan fingerprint density at radius 1 is 1.19 bits per heavy atom. The molecule has 0 saturated heterocycles. The van der Waals surface area contributed by atoms with E-state index in [2.05, 4.69) is 15.6 Å². The number of nitriles is 1. The zero-order valence-corrected chi connectivity index (χ0v) is 11.9. The first kappa shape index (κ1) is 14.5. The fourth-order valence-electron chi connectivity index (χ4n) is 1.80. The van der Waals surface area contributed by atoms with Crippen molar-refractivity contribution in [2.45, 2.75) is 19.9 Å². The molecule has 0 saturated carbocycles. The van der Waals surface area contributed by atoms with E-state index in [1.165, 1.54) is 0 Å². The van der Waals surface area contributed by atoms with Crippen molar-refractivity contribution in [3.8, 4) is 6.07 Å². The number of hydrogen-bond donors (Lipinski definition) is 2. The zero-order chi connectivity index (χ0) is 15.2. The van der Waals surface area contributed by atoms with Gasteiger partial charge in [-0.05, 0) is 50.2 Å². The van der Waals surface area contributed by atoms with Gasteiger partial charge in [0.15, 0.2) is 0 Å². The van der Waals surface area contributed by atoms with Crippen molar-refractivity contribution in [1.82, 2.24) is 4.98 Å². The van der Waals surface area contributed by atoms with Crippen LogP contribution < -0.4 is 10.6 Å². The number of hydrogen-bond acceptors (Lipinski definition) is 4. The van der Waals surface area contributed by atoms with Crippen molar-refractivity contribution in [3.63, 3.8) is 0 Å². The van der Waals surface area contributed by atoms with Gasteiger partial charge in [-0.3, -0.25) is 9.78 Å². The Labute approximate surface area is 123 Å². The van der Waals surface area contributed by atoms with E-state index in [1.807, 2.05) is 26.0 Å². The zero-order valence-electron chi connectivity index (χ0n) is 11.9. The topological polar surface area (TPSA) is 77.8 Å². The van der Waals surface area contributed by atoms with Gasteiger partial charge in [0.2, 0.25) is 0 Å². The monoisotopic (exact) mass is 280 g/mol. The molecular weight excluding hydrogens is 264 g/mol. The van der Waals surface area contributed by atoms with Gasteiger partial charge in [-0.2, -0.15) is 5.26 Å². The lowest BCUT2D eigenvalue weighted by Crippen LogP contribution is -2.15. The molecule has 1 aromatic carbocycles. The summed E-state index contributed by atoms with van der Waals surface area (Å²) < 4.78 is 0. The highest BCUT2D eigenvalue weighted by molar-refractivity contribution is 6.03. The Bertz CT molecular complexity index is 671. The van der Waals surface area contributed by atoms with Gasteiger partial charge in [0.1, 0.15) is 5.69 Å². The quantitative estimate of drug-likeness (QED) is 0.902. The molecule has 1 aromatic heterocycles. The molecule has 0 fully saturated rings. The van der Waals surface area contributed by atoms with Gasteiger partial charge >= 0.3 is 0 Å². The van der Waals surface area contributed by atoms with Crippen LogP contribution in [-0.2, 0) is 0 Å². The molecule has 0 atom stereocenters. The van der Waals surface area contributed by atoms with Crippen LogP contribution in [0.1, 0.15) is 29.9 Å². The number of carbonyl (C=O) groups is 1. The van der Waals surface area contributed by atoms with Crippen LogP contribution in [-0.4, -0.2) is 16.9 Å². The molecule has 0 radical (unpaired) electrons. The molecule has 0 unspecified atom stereocenters. The summed E-state index contributed by atoms with van der Waals surface area (Å²) in [5, 5.41) is 14.7. The highest BCUT2D eigenvalue weighted by atomic mass is 16.1. The highest BCUT2D eigenvalue weighted by Crippen LogP contribution is 2.13. The molecule has 0 spiro atoms. The summed E-state index contributed by atoms with van der Waals surface area (Å²) in [6, 6.07) is 12.5. The largest absolute Gasteiger partial charge is 0.383 e. The number of aromatic nitrogens is 1. The number of carbonyl (C=O) groups excluding carboxylic acids is 1. The number of nitrogens with zero attached hydrogens (tertiary/aromatic N) is 2. The van der Waals surface area contributed by atoms with Crippen molar-refractivity contribution < 1.29 is 4.79 Å². The molecule has 5 nitrogen and oxygen atoms in total. The van der Waals surface area contributed by atoms with E-state index >= 15 is 0 Å². The maximum Gasteiger partial charge on any atom is 0.274 e. The third-order valence-corrected chi connectivity index (χ3v) is 2.72. The van der Waals surface area contributed by atoms with Gasteiger partial charge in [0.05, 0.1) is 11.6 Å². The Balaban J connectivity index is 2.10. The summed E-state index contributed by atoms with van der Waals surface area (Å²) in [6.07, 6.45) is 1.60. The van der Waals surface area contributed by atoms with Crippen LogP contribution in [0.3, 0.4) is 0 Å². The summed E-state index contributed by atoms with van der Waals surface area (Å²) in [6.45, 7) is 4.05. The number of benzene rings is 1. The molecule has 0 bridgehead atoms. The smallest absolute Gasteiger partial charge is 0.274 e. The average Bonchev–Trinajstić information content (AvgIpc) is 2.47. The second-order valence-electron chi connectivity index (χ2n) is 4.87. The fraction of sp³-hybridized carbons (Fsp3) is 0.188. The minimum atomic E-state index is -0.285. The molecule has 2 N–H and O–H groups in total. The number of amides is 1. The van der Waals surface area contributed by atoms with Crippen molar-refractivity contribution in [3.05, 3.63) is 53.9 Å². The van der Waals surface area contributed by atoms with Gasteiger partial charge in [-0.25, -0.2) is 0 Å². The Kier molecular flexibility index (Phi) is 4.52. The molecule has 0 aliphatic heterocycles. The molecule has 2 aromatic rings. The lowest BCUT2D eigenvalue weighted by atomic mass is 10.2. The van der Waals surface area contributed by atoms with Crippen LogP contribution in [0.25, 0.3) is 0 Å². The first-order chi connectivity index (χ1) is 10.1. The predicted molar refractivity (Wildman–Crippen MR) is 82.1 cm³/mol. The SMILES string of the molecule is CC(C)Nc1ccnc(C(=O)Nc2ccc(C#N)cc2)c1. The second kappa shape index (κ2) is 6.53. The standard InChI is InChI=1S/C16H16N4O/c1-11(2)19-14-7-8-18-15(9-14)16(21)20-13-5-3-12(10-17)4-6-13/h3-9,11H,1-2H3,(H,18,19)(H,20,21). The summed E-state index contributed by atoms with van der Waals surface area (Å²) in [7, 11) is 0. The summed E-state index contributed by atoms with van der Waals surface area (Å²) in [4.78, 5) is 16.2. The molecule has 2 rings (SSSR count). The lowest BCUT2D eigenvalue weighted by molar-refractivity contribution is 0.102. The van der Waals surface area contributed by atoms with E-state index in [0.29, 0.717) is 16.9 Å². The van der Waals surface area contributed by atoms with Crippen LogP contribution in [0.15, 0.2) is 42.6 Å². The van der Waals surface area contributed by atoms with E-state index in [1.54, 1.807) is 36.5 Å². The Morgan fingerprint density at radius 3 is 2.52 bits per heavy atom. The lowest BCUT2D eigenvalue weighted by Gasteiger charge is -2.11. The van der Waals surface area contributed by atoms with Crippen LogP contribution in [0.2, 0.25) is 0 Å². The van der Waals surface area contributed by atoms with Crippen LogP contribution >= 0.6 is 0 Å². The molecule has 21 heavy (non-hydrogen) atoms. The van der Waals surface area contributed by atoms with Gasteiger partial charge in [0.25, 0.3) is 5.91 Å². The maximum atomic E-state index is 12.1. The number of nitrogens with one attached hydrogen (secondary N) is 2. The summed E-state index contributed by atoms with van der Waals surface area (Å²) in [5.74, 6) is -0.285. The molecule has 0 aliphatic rings. The third kappa shape index (κ3) is 4.05. The van der Waals surface area contributed by atoms with Gasteiger partial charge < -0.3 is 10.6 Å². The van der Waals surface area contributed by atoms with Gasteiger partial charge in [-0.1, -0.05) is 0 Å². The molecule has 106 valence electrons. The van der Waals surface area contributed by atoms with Crippen LogP contribution in [0.4, 0.5) is 11.4 Å². The number of anilines is 2. The molecule has 0 aliphatic carbocycles. The van der Waals surface area contributed by atoms with E-state index in [-0.39, 0.29) is 11.9 Å². The van der Waals surface area contributed by atoms with Crippen LogP contribution in [0, 0.1) is 11.3 Å². The van der Waals surface area contributed by atoms with Crippen molar-refractivity contribution >= 4 is 17.3 Å². The maximum absolute atomic E-state index is 12.1. The van der Waals surface area contributed by atoms with E-state index in [9.17, 15) is 4.79 Å². The third-order valence-electron chi connectivity index (χ3n) is 2.72. The van der Waals surface area contributed by atoms with Crippen molar-refractivity contribution in [2.24, 2.45) is 0 Å². The Morgan fingerprint density at radius 2 is 1.90 bits per heavy atom. The fourth-order valence-corrected chi connectivity index (χ4v) is 1.80. The van der Waals surface area contributed by atoms with E-state index in [0.717, 1.165) is 5.69 Å². The molecular formula is C16H16N4O. The summed E-state index contributed by atoms with van der Waals surface area (Å²) in [5.41, 5.74) is 2.37.